The van der Waals surface area contributed by atoms with Gasteiger partial charge >= 0.3 is 0 Å². The fraction of sp³-hybridized carbons (Fsp3) is 0.0588. The highest BCUT2D eigenvalue weighted by Gasteiger charge is 2.35. The van der Waals surface area contributed by atoms with Crippen molar-refractivity contribution in [1.82, 2.24) is 4.57 Å². The van der Waals surface area contributed by atoms with Crippen molar-refractivity contribution >= 4 is 38.9 Å². The van der Waals surface area contributed by atoms with Gasteiger partial charge in [0, 0.05) is 38.9 Å². The van der Waals surface area contributed by atoms with Crippen molar-refractivity contribution in [3.05, 3.63) is 205 Å². The van der Waals surface area contributed by atoms with Crippen LogP contribution in [0.4, 0.5) is 17.1 Å². The maximum atomic E-state index is 2.43. The third kappa shape index (κ3) is 5.10. The zero-order valence-corrected chi connectivity index (χ0v) is 29.9. The van der Waals surface area contributed by atoms with Gasteiger partial charge in [-0.15, -0.1) is 0 Å². The second kappa shape index (κ2) is 12.3. The molecule has 10 rings (SSSR count). The van der Waals surface area contributed by atoms with Gasteiger partial charge in [0.05, 0.1) is 11.0 Å². The van der Waals surface area contributed by atoms with E-state index in [0.29, 0.717) is 0 Å². The molecule has 2 heteroatoms. The molecule has 0 aliphatic heterocycles. The van der Waals surface area contributed by atoms with E-state index >= 15 is 0 Å². The van der Waals surface area contributed by atoms with E-state index < -0.39 is 0 Å². The summed E-state index contributed by atoms with van der Waals surface area (Å²) >= 11 is 0. The Morgan fingerprint density at radius 1 is 0.377 bits per heavy atom. The third-order valence-electron chi connectivity index (χ3n) is 11.2. The molecule has 53 heavy (non-hydrogen) atoms. The lowest BCUT2D eigenvalue weighted by Crippen LogP contribution is -2.16. The minimum atomic E-state index is -0.0942. The zero-order valence-electron chi connectivity index (χ0n) is 29.9. The molecule has 0 unspecified atom stereocenters. The van der Waals surface area contributed by atoms with Gasteiger partial charge in [0.2, 0.25) is 0 Å². The summed E-state index contributed by atoms with van der Waals surface area (Å²) in [5, 5.41) is 2.47. The summed E-state index contributed by atoms with van der Waals surface area (Å²) in [6.45, 7) is 4.71. The Labute approximate surface area is 310 Å². The van der Waals surface area contributed by atoms with Crippen molar-refractivity contribution in [3.63, 3.8) is 0 Å². The average Bonchev–Trinajstić information content (AvgIpc) is 3.66. The summed E-state index contributed by atoms with van der Waals surface area (Å²) in [4.78, 5) is 2.41. The van der Waals surface area contributed by atoms with E-state index in [1.54, 1.807) is 0 Å². The first-order valence-electron chi connectivity index (χ1n) is 18.4. The maximum absolute atomic E-state index is 2.43. The molecule has 0 spiro atoms. The van der Waals surface area contributed by atoms with Crippen LogP contribution in [0.25, 0.3) is 60.9 Å². The molecule has 9 aromatic rings. The van der Waals surface area contributed by atoms with Gasteiger partial charge in [0.1, 0.15) is 0 Å². The van der Waals surface area contributed by atoms with Crippen LogP contribution in [-0.4, -0.2) is 4.57 Å². The molecule has 1 aromatic heterocycles. The Morgan fingerprint density at radius 3 is 1.68 bits per heavy atom. The van der Waals surface area contributed by atoms with E-state index in [-0.39, 0.29) is 5.41 Å². The molecule has 1 aliphatic carbocycles. The first-order chi connectivity index (χ1) is 26.0. The Bertz CT molecular complexity index is 2780. The Hall–Kier alpha value is -6.64. The summed E-state index contributed by atoms with van der Waals surface area (Å²) in [6.07, 6.45) is 0. The summed E-state index contributed by atoms with van der Waals surface area (Å²) in [5.41, 5.74) is 17.1. The van der Waals surface area contributed by atoms with Crippen LogP contribution >= 0.6 is 0 Å². The highest BCUT2D eigenvalue weighted by atomic mass is 15.1. The number of benzene rings is 8. The van der Waals surface area contributed by atoms with Gasteiger partial charge in [-0.1, -0.05) is 147 Å². The van der Waals surface area contributed by atoms with E-state index in [4.69, 9.17) is 0 Å². The van der Waals surface area contributed by atoms with E-state index in [0.717, 1.165) is 22.7 Å². The molecule has 0 N–H and O–H groups in total. The number of anilines is 3. The first kappa shape index (κ1) is 31.1. The topological polar surface area (TPSA) is 8.17 Å². The predicted octanol–water partition coefficient (Wildman–Crippen LogP) is 13.9. The number of fused-ring (bicyclic) bond motifs is 6. The molecule has 0 radical (unpaired) electrons. The van der Waals surface area contributed by atoms with Crippen LogP contribution in [0.3, 0.4) is 0 Å². The number of aromatic nitrogens is 1. The Morgan fingerprint density at radius 2 is 0.943 bits per heavy atom. The monoisotopic (exact) mass is 678 g/mol. The van der Waals surface area contributed by atoms with Crippen molar-refractivity contribution in [2.75, 3.05) is 4.90 Å². The Kier molecular flexibility index (Phi) is 7.19. The molecular weight excluding hydrogens is 641 g/mol. The number of nitrogens with zero attached hydrogens (tertiary/aromatic N) is 2. The van der Waals surface area contributed by atoms with Crippen molar-refractivity contribution in [2.24, 2.45) is 0 Å². The lowest BCUT2D eigenvalue weighted by molar-refractivity contribution is 0.660. The van der Waals surface area contributed by atoms with Gasteiger partial charge in [-0.25, -0.2) is 0 Å². The fourth-order valence-corrected chi connectivity index (χ4v) is 8.53. The van der Waals surface area contributed by atoms with Crippen LogP contribution in [-0.2, 0) is 5.41 Å². The van der Waals surface area contributed by atoms with Gasteiger partial charge in [0.25, 0.3) is 0 Å². The van der Waals surface area contributed by atoms with Gasteiger partial charge < -0.3 is 9.47 Å². The lowest BCUT2D eigenvalue weighted by atomic mass is 9.82. The van der Waals surface area contributed by atoms with Crippen molar-refractivity contribution in [3.8, 4) is 39.1 Å². The lowest BCUT2D eigenvalue weighted by Gasteiger charge is -2.28. The standard InChI is InChI=1S/C51H38N2/c1-51(2)47-21-13-12-20-43(47)44-29-27-41(33-48(44)51)52(39-18-10-5-11-19-39)42-28-30-45-46-32-38(36-16-8-4-9-17-36)24-31-49(46)53(50(45)34-42)40-25-22-37(23-26-40)35-14-6-3-7-15-35/h3-34H,1-2H3. The number of para-hydroxylation sites is 1. The zero-order chi connectivity index (χ0) is 35.5. The first-order valence-corrected chi connectivity index (χ1v) is 18.4. The van der Waals surface area contributed by atoms with Crippen LogP contribution in [0, 0.1) is 0 Å². The molecule has 8 aromatic carbocycles. The van der Waals surface area contributed by atoms with E-state index in [9.17, 15) is 0 Å². The van der Waals surface area contributed by atoms with Crippen molar-refractivity contribution < 1.29 is 0 Å². The van der Waals surface area contributed by atoms with Crippen LogP contribution < -0.4 is 4.90 Å². The smallest absolute Gasteiger partial charge is 0.0561 e. The molecule has 0 amide bonds. The fourth-order valence-electron chi connectivity index (χ4n) is 8.53. The second-order valence-electron chi connectivity index (χ2n) is 14.6. The van der Waals surface area contributed by atoms with Gasteiger partial charge in [-0.2, -0.15) is 0 Å². The number of hydrogen-bond donors (Lipinski definition) is 0. The molecule has 0 atom stereocenters. The molecular formula is C51H38N2. The highest BCUT2D eigenvalue weighted by Crippen LogP contribution is 2.51. The molecule has 1 heterocycles. The van der Waals surface area contributed by atoms with E-state index in [1.807, 2.05) is 0 Å². The van der Waals surface area contributed by atoms with Crippen LogP contribution in [0.2, 0.25) is 0 Å². The largest absolute Gasteiger partial charge is 0.310 e. The molecule has 1 aliphatic rings. The normalized spacial score (nSPS) is 12.9. The summed E-state index contributed by atoms with van der Waals surface area (Å²) in [5.74, 6) is 0. The van der Waals surface area contributed by atoms with Gasteiger partial charge in [-0.3, -0.25) is 0 Å². The predicted molar refractivity (Wildman–Crippen MR) is 224 cm³/mol. The van der Waals surface area contributed by atoms with Crippen LogP contribution in [0.15, 0.2) is 194 Å². The second-order valence-corrected chi connectivity index (χ2v) is 14.6. The van der Waals surface area contributed by atoms with Crippen LogP contribution in [0.1, 0.15) is 25.0 Å². The minimum absolute atomic E-state index is 0.0942. The summed E-state index contributed by atoms with van der Waals surface area (Å²) < 4.78 is 2.43. The molecule has 0 saturated heterocycles. The molecule has 0 fully saturated rings. The van der Waals surface area contributed by atoms with E-state index in [1.165, 1.54) is 66.3 Å². The summed E-state index contributed by atoms with van der Waals surface area (Å²) in [7, 11) is 0. The maximum Gasteiger partial charge on any atom is 0.0561 e. The SMILES string of the molecule is CC1(C)c2ccccc2-c2ccc(N(c3ccccc3)c3ccc4c5cc(-c6ccccc6)ccc5n(-c5ccc(-c6ccccc6)cc5)c4c3)cc21. The number of hydrogen-bond acceptors (Lipinski definition) is 1. The van der Waals surface area contributed by atoms with Gasteiger partial charge in [0.15, 0.2) is 0 Å². The molecule has 2 nitrogen and oxygen atoms in total. The Balaban J connectivity index is 1.18. The minimum Gasteiger partial charge on any atom is -0.310 e. The quantitative estimate of drug-likeness (QED) is 0.170. The van der Waals surface area contributed by atoms with Crippen molar-refractivity contribution in [2.45, 2.75) is 19.3 Å². The third-order valence-corrected chi connectivity index (χ3v) is 11.2. The number of rotatable bonds is 6. The van der Waals surface area contributed by atoms with E-state index in [2.05, 4.69) is 217 Å². The van der Waals surface area contributed by atoms with Crippen LogP contribution in [0.5, 0.6) is 0 Å². The average molecular weight is 679 g/mol. The highest BCUT2D eigenvalue weighted by molar-refractivity contribution is 6.11. The van der Waals surface area contributed by atoms with Crippen molar-refractivity contribution in [1.29, 1.82) is 0 Å². The van der Waals surface area contributed by atoms with Gasteiger partial charge in [-0.05, 0) is 105 Å². The molecule has 0 saturated carbocycles. The molecule has 0 bridgehead atoms. The molecule has 252 valence electrons. The summed E-state index contributed by atoms with van der Waals surface area (Å²) in [6, 6.07) is 70.8.